The third-order valence-corrected chi connectivity index (χ3v) is 5.53. The van der Waals surface area contributed by atoms with Crippen LogP contribution in [0.4, 0.5) is 0 Å². The quantitative estimate of drug-likeness (QED) is 0.758. The molecule has 2 rings (SSSR count). The van der Waals surface area contributed by atoms with Crippen molar-refractivity contribution in [1.29, 1.82) is 0 Å². The lowest BCUT2D eigenvalue weighted by Gasteiger charge is -2.27. The highest BCUT2D eigenvalue weighted by Crippen LogP contribution is 2.40. The molecule has 6 heteroatoms. The molecule has 1 aromatic carbocycles. The van der Waals surface area contributed by atoms with Crippen molar-refractivity contribution in [2.45, 2.75) is 32.6 Å². The Hall–Kier alpha value is -0.450. The van der Waals surface area contributed by atoms with Gasteiger partial charge in [0.05, 0.1) is 12.4 Å². The molecule has 0 amide bonds. The molecule has 0 unspecified atom stereocenters. The Bertz CT molecular complexity index is 578. The van der Waals surface area contributed by atoms with Gasteiger partial charge in [0.25, 0.3) is 0 Å². The Morgan fingerprint density at radius 1 is 1.30 bits per heavy atom. The van der Waals surface area contributed by atoms with Gasteiger partial charge in [0.2, 0.25) is 9.05 Å². The minimum absolute atomic E-state index is 0.0197. The predicted molar refractivity (Wildman–Crippen MR) is 82.2 cm³/mol. The van der Waals surface area contributed by atoms with Gasteiger partial charge in [-0.15, -0.1) is 0 Å². The summed E-state index contributed by atoms with van der Waals surface area (Å²) in [4.78, 5) is 0. The van der Waals surface area contributed by atoms with E-state index in [2.05, 4.69) is 0 Å². The first kappa shape index (κ1) is 15.9. The second kappa shape index (κ2) is 6.12. The minimum Gasteiger partial charge on any atom is -0.493 e. The highest BCUT2D eigenvalue weighted by molar-refractivity contribution is 8.13. The molecule has 0 atom stereocenters. The smallest absolute Gasteiger partial charge is 0.233 e. The van der Waals surface area contributed by atoms with Crippen LogP contribution in [-0.4, -0.2) is 20.8 Å². The van der Waals surface area contributed by atoms with Gasteiger partial charge in [0.15, 0.2) is 0 Å². The van der Waals surface area contributed by atoms with E-state index >= 15 is 0 Å². The van der Waals surface area contributed by atoms with Crippen LogP contribution in [0.25, 0.3) is 0 Å². The molecule has 3 nitrogen and oxygen atoms in total. The summed E-state index contributed by atoms with van der Waals surface area (Å²) in [5.41, 5.74) is 0.586. The lowest BCUT2D eigenvalue weighted by molar-refractivity contribution is 0.171. The van der Waals surface area contributed by atoms with Crippen LogP contribution in [0.2, 0.25) is 5.02 Å². The molecular formula is C14H18Cl2O3S. The highest BCUT2D eigenvalue weighted by atomic mass is 35.7. The van der Waals surface area contributed by atoms with Gasteiger partial charge in [-0.25, -0.2) is 8.42 Å². The van der Waals surface area contributed by atoms with Crippen molar-refractivity contribution in [1.82, 2.24) is 0 Å². The van der Waals surface area contributed by atoms with Crippen LogP contribution in [0.1, 0.15) is 31.2 Å². The summed E-state index contributed by atoms with van der Waals surface area (Å²) in [6.07, 6.45) is 3.72. The minimum atomic E-state index is -3.51. The molecule has 0 N–H and O–H groups in total. The van der Waals surface area contributed by atoms with E-state index in [4.69, 9.17) is 27.0 Å². The summed E-state index contributed by atoms with van der Waals surface area (Å²) >= 11 is 5.97. The maximum Gasteiger partial charge on any atom is 0.233 e. The fourth-order valence-corrected chi connectivity index (χ4v) is 4.68. The summed E-state index contributed by atoms with van der Waals surface area (Å²) in [5.74, 6) is 0.693. The van der Waals surface area contributed by atoms with Crippen LogP contribution < -0.4 is 4.74 Å². The molecule has 0 aromatic heterocycles. The van der Waals surface area contributed by atoms with Crippen molar-refractivity contribution in [3.8, 4) is 5.75 Å². The molecule has 0 heterocycles. The summed E-state index contributed by atoms with van der Waals surface area (Å²) in [5, 5.41) is 0.691. The molecule has 1 aliphatic carbocycles. The van der Waals surface area contributed by atoms with E-state index in [1.165, 1.54) is 0 Å². The molecule has 1 fully saturated rings. The molecule has 112 valence electrons. The standard InChI is InChI=1S/C14H18Cl2O3S/c1-11-8-12(4-5-13(11)15)19-9-14(6-2-3-7-14)10-20(16,17)18/h4-5,8H,2-3,6-7,9-10H2,1H3. The topological polar surface area (TPSA) is 43.4 Å². The zero-order chi connectivity index (χ0) is 14.8. The molecule has 1 saturated carbocycles. The second-order valence-electron chi connectivity index (χ2n) is 5.59. The predicted octanol–water partition coefficient (Wildman–Crippen LogP) is 4.16. The SMILES string of the molecule is Cc1cc(OCC2(CS(=O)(=O)Cl)CCCC2)ccc1Cl. The molecule has 1 aliphatic rings. The summed E-state index contributed by atoms with van der Waals surface area (Å²) in [6.45, 7) is 2.28. The summed E-state index contributed by atoms with van der Waals surface area (Å²) < 4.78 is 28.6. The van der Waals surface area contributed by atoms with Crippen LogP contribution >= 0.6 is 22.3 Å². The van der Waals surface area contributed by atoms with E-state index in [0.717, 1.165) is 31.2 Å². The Kier molecular flexibility index (Phi) is 4.88. The zero-order valence-electron chi connectivity index (χ0n) is 11.4. The lowest BCUT2D eigenvalue weighted by atomic mass is 9.90. The van der Waals surface area contributed by atoms with Crippen LogP contribution in [0.15, 0.2) is 18.2 Å². The fraction of sp³-hybridized carbons (Fsp3) is 0.571. The van der Waals surface area contributed by atoms with Crippen LogP contribution in [0.3, 0.4) is 0 Å². The third kappa shape index (κ3) is 4.27. The van der Waals surface area contributed by atoms with Crippen molar-refractivity contribution in [2.75, 3.05) is 12.4 Å². The van der Waals surface area contributed by atoms with Gasteiger partial charge in [-0.2, -0.15) is 0 Å². The van der Waals surface area contributed by atoms with Gasteiger partial charge >= 0.3 is 0 Å². The molecule has 0 aliphatic heterocycles. The van der Waals surface area contributed by atoms with Crippen molar-refractivity contribution >= 4 is 31.3 Å². The van der Waals surface area contributed by atoms with E-state index in [-0.39, 0.29) is 11.2 Å². The van der Waals surface area contributed by atoms with Gasteiger partial charge in [-0.05, 0) is 43.5 Å². The van der Waals surface area contributed by atoms with Crippen molar-refractivity contribution < 1.29 is 13.2 Å². The van der Waals surface area contributed by atoms with Gasteiger partial charge < -0.3 is 4.74 Å². The van der Waals surface area contributed by atoms with E-state index in [0.29, 0.717) is 17.4 Å². The van der Waals surface area contributed by atoms with Gasteiger partial charge in [-0.3, -0.25) is 0 Å². The Balaban J connectivity index is 2.07. The van der Waals surface area contributed by atoms with E-state index in [1.807, 2.05) is 13.0 Å². The fourth-order valence-electron chi connectivity index (χ4n) is 2.76. The van der Waals surface area contributed by atoms with Crippen LogP contribution in [0, 0.1) is 12.3 Å². The Labute approximate surface area is 129 Å². The van der Waals surface area contributed by atoms with Crippen LogP contribution in [-0.2, 0) is 9.05 Å². The van der Waals surface area contributed by atoms with Crippen molar-refractivity contribution in [3.05, 3.63) is 28.8 Å². The zero-order valence-corrected chi connectivity index (χ0v) is 13.7. The number of aryl methyl sites for hydroxylation is 1. The van der Waals surface area contributed by atoms with E-state index in [1.54, 1.807) is 12.1 Å². The monoisotopic (exact) mass is 336 g/mol. The van der Waals surface area contributed by atoms with Crippen molar-refractivity contribution in [3.63, 3.8) is 0 Å². The number of ether oxygens (including phenoxy) is 1. The Morgan fingerprint density at radius 3 is 2.50 bits per heavy atom. The maximum absolute atomic E-state index is 11.4. The second-order valence-corrected chi connectivity index (χ2v) is 8.77. The number of halogens is 2. The van der Waals surface area contributed by atoms with Gasteiger partial charge in [0.1, 0.15) is 5.75 Å². The first-order valence-corrected chi connectivity index (χ1v) is 9.47. The first-order valence-electron chi connectivity index (χ1n) is 6.61. The van der Waals surface area contributed by atoms with Gasteiger partial charge in [-0.1, -0.05) is 24.4 Å². The molecule has 0 bridgehead atoms. The first-order chi connectivity index (χ1) is 9.30. The largest absolute Gasteiger partial charge is 0.493 e. The van der Waals surface area contributed by atoms with Gasteiger partial charge in [0, 0.05) is 21.1 Å². The van der Waals surface area contributed by atoms with Crippen LogP contribution in [0.5, 0.6) is 5.75 Å². The average molecular weight is 337 g/mol. The molecule has 1 aromatic rings. The molecule has 0 saturated heterocycles. The average Bonchev–Trinajstić information content (AvgIpc) is 2.77. The number of hydrogen-bond acceptors (Lipinski definition) is 3. The molecule has 0 spiro atoms. The van der Waals surface area contributed by atoms with Crippen molar-refractivity contribution in [2.24, 2.45) is 5.41 Å². The third-order valence-electron chi connectivity index (χ3n) is 3.82. The van der Waals surface area contributed by atoms with E-state index in [9.17, 15) is 8.42 Å². The normalized spacial score (nSPS) is 18.1. The van der Waals surface area contributed by atoms with E-state index < -0.39 is 9.05 Å². The molecule has 20 heavy (non-hydrogen) atoms. The number of rotatable bonds is 5. The highest BCUT2D eigenvalue weighted by Gasteiger charge is 2.38. The lowest BCUT2D eigenvalue weighted by Crippen LogP contribution is -2.32. The summed E-state index contributed by atoms with van der Waals surface area (Å²) in [7, 11) is 1.92. The summed E-state index contributed by atoms with van der Waals surface area (Å²) in [6, 6.07) is 5.44. The Morgan fingerprint density at radius 2 is 1.95 bits per heavy atom. The number of hydrogen-bond donors (Lipinski definition) is 0. The maximum atomic E-state index is 11.4. The number of benzene rings is 1. The molecule has 0 radical (unpaired) electrons. The molecular weight excluding hydrogens is 319 g/mol.